The maximum absolute atomic E-state index is 11.2. The molecule has 3 rings (SSSR count). The lowest BCUT2D eigenvalue weighted by Crippen LogP contribution is -2.45. The number of aromatic nitrogens is 2. The van der Waals surface area contributed by atoms with Crippen LogP contribution in [0.4, 0.5) is 0 Å². The first-order valence-corrected chi connectivity index (χ1v) is 8.46. The Hall–Kier alpha value is -1.96. The molecule has 1 fully saturated rings. The minimum atomic E-state index is -0.974. The first-order valence-electron chi connectivity index (χ1n) is 8.46. The van der Waals surface area contributed by atoms with Gasteiger partial charge in [0.05, 0.1) is 13.7 Å². The lowest BCUT2D eigenvalue weighted by atomic mass is 9.86. The molecule has 1 aromatic carbocycles. The first-order chi connectivity index (χ1) is 12.0. The second kappa shape index (κ2) is 7.51. The molecule has 0 radical (unpaired) electrons. The molecule has 1 aromatic heterocycles. The van der Waals surface area contributed by atoms with Gasteiger partial charge in [0.1, 0.15) is 18.0 Å². The van der Waals surface area contributed by atoms with Crippen LogP contribution in [0.15, 0.2) is 28.8 Å². The summed E-state index contributed by atoms with van der Waals surface area (Å²) < 4.78 is 15.5. The number of benzene rings is 1. The molecule has 1 aliphatic rings. The molecular formula is C18H25N3O4. The zero-order chi connectivity index (χ0) is 17.9. The fourth-order valence-electron chi connectivity index (χ4n) is 3.49. The van der Waals surface area contributed by atoms with Gasteiger partial charge in [0.15, 0.2) is 5.82 Å². The van der Waals surface area contributed by atoms with Crippen LogP contribution in [0.25, 0.3) is 0 Å². The van der Waals surface area contributed by atoms with Crippen LogP contribution in [0.2, 0.25) is 0 Å². The lowest BCUT2D eigenvalue weighted by molar-refractivity contribution is -0.0278. The zero-order valence-electron chi connectivity index (χ0n) is 14.9. The van der Waals surface area contributed by atoms with Gasteiger partial charge in [0.2, 0.25) is 5.89 Å². The Bertz CT molecular complexity index is 684. The van der Waals surface area contributed by atoms with E-state index in [1.54, 1.807) is 14.2 Å². The Morgan fingerprint density at radius 3 is 2.76 bits per heavy atom. The van der Waals surface area contributed by atoms with Gasteiger partial charge in [-0.1, -0.05) is 17.3 Å². The summed E-state index contributed by atoms with van der Waals surface area (Å²) in [6, 6.07) is 7.56. The van der Waals surface area contributed by atoms with Crippen LogP contribution < -0.4 is 4.74 Å². The molecule has 0 spiro atoms. The van der Waals surface area contributed by atoms with E-state index >= 15 is 0 Å². The third-order valence-corrected chi connectivity index (χ3v) is 4.81. The molecule has 25 heavy (non-hydrogen) atoms. The maximum Gasteiger partial charge on any atom is 0.240 e. The molecule has 0 aliphatic carbocycles. The quantitative estimate of drug-likeness (QED) is 0.821. The minimum Gasteiger partial charge on any atom is -0.497 e. The van der Waals surface area contributed by atoms with Crippen molar-refractivity contribution in [3.8, 4) is 5.75 Å². The Morgan fingerprint density at radius 2 is 2.08 bits per heavy atom. The van der Waals surface area contributed by atoms with Crippen molar-refractivity contribution >= 4 is 0 Å². The standard InChI is InChI=1S/C18H25N3O4/c1-18(22,13-6-8-14(24-3)9-7-13)15-5-4-10-21(15)11-17-19-16(12-23-2)20-25-17/h6-9,15,22H,4-5,10-12H2,1-3H3/t15-,18-/m1/s1. The fourth-order valence-corrected chi connectivity index (χ4v) is 3.49. The van der Waals surface area contributed by atoms with Crippen molar-refractivity contribution in [3.05, 3.63) is 41.5 Å². The van der Waals surface area contributed by atoms with Gasteiger partial charge in [-0.15, -0.1) is 0 Å². The van der Waals surface area contributed by atoms with E-state index in [9.17, 15) is 5.11 Å². The van der Waals surface area contributed by atoms with Gasteiger partial charge in [-0.2, -0.15) is 4.98 Å². The number of hydrogen-bond acceptors (Lipinski definition) is 7. The monoisotopic (exact) mass is 347 g/mol. The Kier molecular flexibility index (Phi) is 5.36. The molecule has 0 saturated carbocycles. The Morgan fingerprint density at radius 1 is 1.32 bits per heavy atom. The van der Waals surface area contributed by atoms with Crippen LogP contribution in [0, 0.1) is 0 Å². The van der Waals surface area contributed by atoms with Gasteiger partial charge >= 0.3 is 0 Å². The summed E-state index contributed by atoms with van der Waals surface area (Å²) in [5.41, 5.74) is -0.103. The zero-order valence-corrected chi connectivity index (χ0v) is 14.9. The molecule has 1 N–H and O–H groups in total. The van der Waals surface area contributed by atoms with E-state index in [-0.39, 0.29) is 6.04 Å². The second-order valence-corrected chi connectivity index (χ2v) is 6.54. The molecule has 0 bridgehead atoms. The lowest BCUT2D eigenvalue weighted by Gasteiger charge is -2.36. The average molecular weight is 347 g/mol. The summed E-state index contributed by atoms with van der Waals surface area (Å²) in [5.74, 6) is 1.86. The van der Waals surface area contributed by atoms with Crippen molar-refractivity contribution in [1.82, 2.24) is 15.0 Å². The molecule has 2 atom stereocenters. The summed E-state index contributed by atoms with van der Waals surface area (Å²) >= 11 is 0. The number of likely N-dealkylation sites (tertiary alicyclic amines) is 1. The van der Waals surface area contributed by atoms with Crippen molar-refractivity contribution in [2.75, 3.05) is 20.8 Å². The van der Waals surface area contributed by atoms with E-state index in [0.29, 0.717) is 24.9 Å². The summed E-state index contributed by atoms with van der Waals surface area (Å²) in [6.07, 6.45) is 1.94. The number of aliphatic hydroxyl groups is 1. The number of rotatable bonds is 7. The molecule has 1 saturated heterocycles. The molecule has 0 amide bonds. The number of hydrogen-bond donors (Lipinski definition) is 1. The van der Waals surface area contributed by atoms with Crippen LogP contribution in [-0.2, 0) is 23.5 Å². The molecule has 2 heterocycles. The van der Waals surface area contributed by atoms with Crippen LogP contribution in [-0.4, -0.2) is 47.0 Å². The van der Waals surface area contributed by atoms with Gasteiger partial charge < -0.3 is 19.1 Å². The molecule has 1 aliphatic heterocycles. The SMILES string of the molecule is COCc1noc(CN2CCC[C@@H]2[C@](C)(O)c2ccc(OC)cc2)n1. The van der Waals surface area contributed by atoms with E-state index in [2.05, 4.69) is 15.0 Å². The minimum absolute atomic E-state index is 0.0151. The highest BCUT2D eigenvalue weighted by Gasteiger charge is 2.41. The number of nitrogens with zero attached hydrogens (tertiary/aromatic N) is 3. The Labute approximate surface area is 147 Å². The average Bonchev–Trinajstić information content (AvgIpc) is 3.25. The maximum atomic E-state index is 11.2. The highest BCUT2D eigenvalue weighted by Crippen LogP contribution is 2.35. The van der Waals surface area contributed by atoms with Crippen molar-refractivity contribution < 1.29 is 19.1 Å². The summed E-state index contributed by atoms with van der Waals surface area (Å²) in [4.78, 5) is 6.54. The molecule has 0 unspecified atom stereocenters. The van der Waals surface area contributed by atoms with Crippen LogP contribution in [0.3, 0.4) is 0 Å². The largest absolute Gasteiger partial charge is 0.497 e. The predicted molar refractivity (Wildman–Crippen MR) is 91.0 cm³/mol. The molecule has 7 nitrogen and oxygen atoms in total. The predicted octanol–water partition coefficient (Wildman–Crippen LogP) is 2.10. The first kappa shape index (κ1) is 17.8. The van der Waals surface area contributed by atoms with Gasteiger partial charge in [-0.3, -0.25) is 4.90 Å². The van der Waals surface area contributed by atoms with Gasteiger partial charge in [0, 0.05) is 13.2 Å². The molecule has 7 heteroatoms. The summed E-state index contributed by atoms with van der Waals surface area (Å²) in [6.45, 7) is 3.60. The third kappa shape index (κ3) is 3.84. The van der Waals surface area contributed by atoms with Crippen molar-refractivity contribution in [1.29, 1.82) is 0 Å². The smallest absolute Gasteiger partial charge is 0.240 e. The van der Waals surface area contributed by atoms with E-state index in [0.717, 1.165) is 30.7 Å². The van der Waals surface area contributed by atoms with Crippen LogP contribution in [0.1, 0.15) is 37.0 Å². The molecule has 136 valence electrons. The van der Waals surface area contributed by atoms with Crippen LogP contribution in [0.5, 0.6) is 5.75 Å². The highest BCUT2D eigenvalue weighted by atomic mass is 16.5. The van der Waals surface area contributed by atoms with Crippen molar-refractivity contribution in [2.45, 2.75) is 44.6 Å². The highest BCUT2D eigenvalue weighted by molar-refractivity contribution is 5.31. The summed E-state index contributed by atoms with van der Waals surface area (Å²) in [5, 5.41) is 15.1. The fraction of sp³-hybridized carbons (Fsp3) is 0.556. The van der Waals surface area contributed by atoms with Gasteiger partial charge in [-0.05, 0) is 44.0 Å². The topological polar surface area (TPSA) is 80.9 Å². The number of methoxy groups -OCH3 is 2. The van der Waals surface area contributed by atoms with E-state index in [4.69, 9.17) is 14.0 Å². The van der Waals surface area contributed by atoms with E-state index in [1.807, 2.05) is 31.2 Å². The molecular weight excluding hydrogens is 322 g/mol. The van der Waals surface area contributed by atoms with Crippen LogP contribution >= 0.6 is 0 Å². The van der Waals surface area contributed by atoms with Gasteiger partial charge in [-0.25, -0.2) is 0 Å². The van der Waals surface area contributed by atoms with E-state index < -0.39 is 5.60 Å². The molecule has 2 aromatic rings. The van der Waals surface area contributed by atoms with E-state index in [1.165, 1.54) is 0 Å². The third-order valence-electron chi connectivity index (χ3n) is 4.81. The number of ether oxygens (including phenoxy) is 2. The van der Waals surface area contributed by atoms with Crippen molar-refractivity contribution in [2.24, 2.45) is 0 Å². The normalized spacial score (nSPS) is 20.6. The Balaban J connectivity index is 1.74. The second-order valence-electron chi connectivity index (χ2n) is 6.54. The van der Waals surface area contributed by atoms with Crippen molar-refractivity contribution in [3.63, 3.8) is 0 Å². The summed E-state index contributed by atoms with van der Waals surface area (Å²) in [7, 11) is 3.23. The van der Waals surface area contributed by atoms with Gasteiger partial charge in [0.25, 0.3) is 0 Å².